The van der Waals surface area contributed by atoms with Crippen molar-refractivity contribution in [3.8, 4) is 0 Å². The van der Waals surface area contributed by atoms with E-state index in [9.17, 15) is 4.79 Å². The number of guanidine groups is 1. The van der Waals surface area contributed by atoms with E-state index in [1.54, 1.807) is 14.0 Å². The molecule has 26 heavy (non-hydrogen) atoms. The summed E-state index contributed by atoms with van der Waals surface area (Å²) in [7, 11) is 5.80. The molecule has 2 heterocycles. The summed E-state index contributed by atoms with van der Waals surface area (Å²) in [6.45, 7) is 7.63. The third-order valence-electron chi connectivity index (χ3n) is 4.58. The molecule has 0 aromatic carbocycles. The first-order valence-corrected chi connectivity index (χ1v) is 8.99. The van der Waals surface area contributed by atoms with Gasteiger partial charge in [0.15, 0.2) is 5.96 Å². The van der Waals surface area contributed by atoms with Gasteiger partial charge in [-0.25, -0.2) is 0 Å². The van der Waals surface area contributed by atoms with Crippen LogP contribution < -0.4 is 5.32 Å². The molecule has 0 saturated carbocycles. The molecule has 1 aromatic rings. The van der Waals surface area contributed by atoms with E-state index in [1.807, 2.05) is 35.8 Å². The number of piperazine rings is 1. The van der Waals surface area contributed by atoms with E-state index in [-0.39, 0.29) is 29.9 Å². The van der Waals surface area contributed by atoms with Crippen molar-refractivity contribution >= 4 is 47.4 Å². The van der Waals surface area contributed by atoms with E-state index >= 15 is 0 Å². The third-order valence-corrected chi connectivity index (χ3v) is 4.78. The second-order valence-corrected chi connectivity index (χ2v) is 6.87. The molecule has 1 aromatic heterocycles. The number of hydrogen-bond donors (Lipinski definition) is 1. The normalized spacial score (nSPS) is 15.6. The van der Waals surface area contributed by atoms with Gasteiger partial charge in [0, 0.05) is 79.2 Å². The number of aryl methyl sites for hydroxylation is 1. The largest absolute Gasteiger partial charge is 0.355 e. The highest BCUT2D eigenvalue weighted by Crippen LogP contribution is 2.14. The molecule has 0 spiro atoms. The number of nitrogens with zero attached hydrogens (tertiary/aromatic N) is 5. The number of carbonyl (C=O) groups excluding carboxylic acids is 1. The molecule has 1 fully saturated rings. The third kappa shape index (κ3) is 6.62. The van der Waals surface area contributed by atoms with Crippen LogP contribution in [0.1, 0.15) is 12.6 Å². The van der Waals surface area contributed by atoms with Gasteiger partial charge in [0.1, 0.15) is 0 Å². The maximum absolute atomic E-state index is 11.4. The van der Waals surface area contributed by atoms with E-state index in [2.05, 4.69) is 20.1 Å². The molecule has 1 amide bonds. The fraction of sp³-hybridized carbons (Fsp3) is 0.647. The summed E-state index contributed by atoms with van der Waals surface area (Å²) in [6.07, 6.45) is 1.90. The standard InChI is InChI=1S/C17H29ClN6O.HI/c1-14(25)24-9-7-23(8-10-24)6-5-20-17(19-2)22(4)13-16-11-15(18)12-21(16)3;/h11-12H,5-10,13H2,1-4H3,(H,19,20);1H. The molecular formula is C17H30ClIN6O. The van der Waals surface area contributed by atoms with Crippen molar-refractivity contribution in [2.45, 2.75) is 13.5 Å². The lowest BCUT2D eigenvalue weighted by Crippen LogP contribution is -2.50. The summed E-state index contributed by atoms with van der Waals surface area (Å²) in [5.74, 6) is 1.03. The Morgan fingerprint density at radius 1 is 1.35 bits per heavy atom. The monoisotopic (exact) mass is 496 g/mol. The summed E-state index contributed by atoms with van der Waals surface area (Å²) in [5.41, 5.74) is 1.14. The van der Waals surface area contributed by atoms with Gasteiger partial charge in [-0.05, 0) is 6.07 Å². The number of nitrogens with one attached hydrogen (secondary N) is 1. The average Bonchev–Trinajstić information content (AvgIpc) is 2.89. The molecule has 0 bridgehead atoms. The van der Waals surface area contributed by atoms with Crippen LogP contribution in [0.5, 0.6) is 0 Å². The lowest BCUT2D eigenvalue weighted by Gasteiger charge is -2.34. The Kier molecular flexibility index (Phi) is 9.73. The molecule has 9 heteroatoms. The number of rotatable bonds is 5. The molecule has 0 unspecified atom stereocenters. The minimum atomic E-state index is 0. The summed E-state index contributed by atoms with van der Waals surface area (Å²) in [4.78, 5) is 22.1. The van der Waals surface area contributed by atoms with Gasteiger partial charge in [0.25, 0.3) is 0 Å². The topological polar surface area (TPSA) is 56.1 Å². The second-order valence-electron chi connectivity index (χ2n) is 6.44. The highest BCUT2D eigenvalue weighted by molar-refractivity contribution is 14.0. The number of amides is 1. The fourth-order valence-electron chi connectivity index (χ4n) is 3.04. The quantitative estimate of drug-likeness (QED) is 0.381. The first-order valence-electron chi connectivity index (χ1n) is 8.61. The summed E-state index contributed by atoms with van der Waals surface area (Å²) >= 11 is 6.05. The SMILES string of the molecule is CN=C(NCCN1CCN(C(C)=O)CC1)N(C)Cc1cc(Cl)cn1C.I. The zero-order valence-corrected chi connectivity index (χ0v) is 19.1. The molecule has 0 radical (unpaired) electrons. The van der Waals surface area contributed by atoms with Crippen LogP contribution in [0, 0.1) is 0 Å². The van der Waals surface area contributed by atoms with Gasteiger partial charge < -0.3 is 19.7 Å². The van der Waals surface area contributed by atoms with Crippen LogP contribution in [-0.4, -0.2) is 84.5 Å². The molecule has 148 valence electrons. The van der Waals surface area contributed by atoms with E-state index in [4.69, 9.17) is 11.6 Å². The minimum absolute atomic E-state index is 0. The van der Waals surface area contributed by atoms with Gasteiger partial charge in [0.2, 0.25) is 5.91 Å². The molecule has 0 atom stereocenters. The second kappa shape index (κ2) is 11.0. The molecule has 7 nitrogen and oxygen atoms in total. The summed E-state index contributed by atoms with van der Waals surface area (Å²) in [6, 6.07) is 1.97. The Morgan fingerprint density at radius 2 is 2.00 bits per heavy atom. The molecule has 0 aliphatic carbocycles. The van der Waals surface area contributed by atoms with Gasteiger partial charge >= 0.3 is 0 Å². The van der Waals surface area contributed by atoms with Crippen molar-refractivity contribution in [2.24, 2.45) is 12.0 Å². The van der Waals surface area contributed by atoms with Crippen LogP contribution in [0.2, 0.25) is 5.02 Å². The molecule has 2 rings (SSSR count). The highest BCUT2D eigenvalue weighted by atomic mass is 127. The van der Waals surface area contributed by atoms with Crippen LogP contribution in [0.15, 0.2) is 17.3 Å². The van der Waals surface area contributed by atoms with Crippen molar-refractivity contribution in [1.29, 1.82) is 0 Å². The Hall–Kier alpha value is -1.000. The lowest BCUT2D eigenvalue weighted by molar-refractivity contribution is -0.130. The van der Waals surface area contributed by atoms with E-state index in [0.717, 1.165) is 62.5 Å². The predicted octanol–water partition coefficient (Wildman–Crippen LogP) is 1.47. The molecular weight excluding hydrogens is 467 g/mol. The first-order chi connectivity index (χ1) is 11.9. The van der Waals surface area contributed by atoms with Crippen LogP contribution in [0.4, 0.5) is 0 Å². The van der Waals surface area contributed by atoms with Crippen molar-refractivity contribution in [1.82, 2.24) is 24.6 Å². The fourth-order valence-corrected chi connectivity index (χ4v) is 3.31. The summed E-state index contributed by atoms with van der Waals surface area (Å²) < 4.78 is 2.03. The van der Waals surface area contributed by atoms with Gasteiger partial charge in [0.05, 0.1) is 11.6 Å². The van der Waals surface area contributed by atoms with E-state index < -0.39 is 0 Å². The van der Waals surface area contributed by atoms with Gasteiger partial charge in [-0.15, -0.1) is 24.0 Å². The number of halogens is 2. The zero-order chi connectivity index (χ0) is 18.4. The molecule has 1 saturated heterocycles. The smallest absolute Gasteiger partial charge is 0.219 e. The van der Waals surface area contributed by atoms with Crippen molar-refractivity contribution in [3.63, 3.8) is 0 Å². The minimum Gasteiger partial charge on any atom is -0.355 e. The Morgan fingerprint density at radius 3 is 2.50 bits per heavy atom. The summed E-state index contributed by atoms with van der Waals surface area (Å²) in [5, 5.41) is 4.16. The molecule has 1 N–H and O–H groups in total. The van der Waals surface area contributed by atoms with Crippen molar-refractivity contribution in [2.75, 3.05) is 53.4 Å². The Balaban J connectivity index is 0.00000338. The average molecular weight is 497 g/mol. The Bertz CT molecular complexity index is 612. The van der Waals surface area contributed by atoms with E-state index in [1.165, 1.54) is 0 Å². The van der Waals surface area contributed by atoms with Crippen LogP contribution in [0.3, 0.4) is 0 Å². The number of aromatic nitrogens is 1. The van der Waals surface area contributed by atoms with Crippen LogP contribution in [-0.2, 0) is 18.4 Å². The van der Waals surface area contributed by atoms with E-state index in [0.29, 0.717) is 0 Å². The maximum Gasteiger partial charge on any atom is 0.219 e. The highest BCUT2D eigenvalue weighted by Gasteiger charge is 2.18. The first kappa shape index (κ1) is 23.0. The van der Waals surface area contributed by atoms with Gasteiger partial charge in [-0.3, -0.25) is 14.7 Å². The van der Waals surface area contributed by atoms with Gasteiger partial charge in [-0.1, -0.05) is 11.6 Å². The zero-order valence-electron chi connectivity index (χ0n) is 16.0. The van der Waals surface area contributed by atoms with Crippen molar-refractivity contribution in [3.05, 3.63) is 23.0 Å². The molecule has 1 aliphatic heterocycles. The van der Waals surface area contributed by atoms with Crippen LogP contribution in [0.25, 0.3) is 0 Å². The van der Waals surface area contributed by atoms with Crippen LogP contribution >= 0.6 is 35.6 Å². The predicted molar refractivity (Wildman–Crippen MR) is 117 cm³/mol. The number of hydrogen-bond acceptors (Lipinski definition) is 3. The number of aliphatic imine (C=N–C) groups is 1. The van der Waals surface area contributed by atoms with Gasteiger partial charge in [-0.2, -0.15) is 0 Å². The maximum atomic E-state index is 11.4. The Labute approximate surface area is 178 Å². The molecule has 1 aliphatic rings. The lowest BCUT2D eigenvalue weighted by atomic mass is 10.3. The van der Waals surface area contributed by atoms with Crippen molar-refractivity contribution < 1.29 is 4.79 Å². The number of carbonyl (C=O) groups is 1.